The van der Waals surface area contributed by atoms with Crippen LogP contribution in [-0.4, -0.2) is 42.7 Å². The fraction of sp³-hybridized carbons (Fsp3) is 0.417. The highest BCUT2D eigenvalue weighted by Crippen LogP contribution is 2.43. The molecule has 170 valence electrons. The number of carbonyl (C=O) groups is 2. The van der Waals surface area contributed by atoms with Crippen molar-refractivity contribution < 1.29 is 27.5 Å². The van der Waals surface area contributed by atoms with Crippen LogP contribution >= 0.6 is 0 Å². The lowest BCUT2D eigenvalue weighted by atomic mass is 9.77. The maximum Gasteiger partial charge on any atom is 0.573 e. The zero-order valence-electron chi connectivity index (χ0n) is 17.8. The second-order valence-electron chi connectivity index (χ2n) is 8.49. The Morgan fingerprint density at radius 1 is 0.969 bits per heavy atom. The Morgan fingerprint density at radius 2 is 1.56 bits per heavy atom. The van der Waals surface area contributed by atoms with E-state index in [9.17, 15) is 22.8 Å². The molecule has 8 heteroatoms. The van der Waals surface area contributed by atoms with E-state index in [-0.39, 0.29) is 23.5 Å². The lowest BCUT2D eigenvalue weighted by Gasteiger charge is -2.39. The van der Waals surface area contributed by atoms with Crippen LogP contribution in [0.25, 0.3) is 0 Å². The molecule has 5 nitrogen and oxygen atoms in total. The molecule has 0 N–H and O–H groups in total. The van der Waals surface area contributed by atoms with E-state index < -0.39 is 11.8 Å². The highest BCUT2D eigenvalue weighted by molar-refractivity contribution is 6.00. The SMILES string of the molecule is CC(C(=O)N1CCC2(CC1)CCN(c1ccc(OC(F)(F)F)cc1)C2=O)c1ccccc1. The van der Waals surface area contributed by atoms with E-state index in [1.807, 2.05) is 42.2 Å². The number of nitrogens with zero attached hydrogens (tertiary/aromatic N) is 2. The summed E-state index contributed by atoms with van der Waals surface area (Å²) in [5.74, 6) is -0.515. The van der Waals surface area contributed by atoms with Crippen molar-refractivity contribution in [2.45, 2.75) is 38.5 Å². The van der Waals surface area contributed by atoms with Gasteiger partial charge in [-0.15, -0.1) is 13.2 Å². The number of hydrogen-bond acceptors (Lipinski definition) is 3. The van der Waals surface area contributed by atoms with Gasteiger partial charge in [0.25, 0.3) is 0 Å². The minimum absolute atomic E-state index is 0.0230. The fourth-order valence-electron chi connectivity index (χ4n) is 4.67. The highest BCUT2D eigenvalue weighted by Gasteiger charge is 2.49. The quantitative estimate of drug-likeness (QED) is 0.682. The minimum Gasteiger partial charge on any atom is -0.406 e. The van der Waals surface area contributed by atoms with Gasteiger partial charge in [-0.3, -0.25) is 9.59 Å². The van der Waals surface area contributed by atoms with Crippen LogP contribution < -0.4 is 9.64 Å². The van der Waals surface area contributed by atoms with Crippen molar-refractivity contribution in [1.29, 1.82) is 0 Å². The molecule has 0 bridgehead atoms. The maximum atomic E-state index is 13.2. The first-order valence-corrected chi connectivity index (χ1v) is 10.7. The molecule has 0 saturated carbocycles. The number of benzene rings is 2. The summed E-state index contributed by atoms with van der Waals surface area (Å²) in [6, 6.07) is 15.0. The Bertz CT molecular complexity index is 968. The van der Waals surface area contributed by atoms with Crippen LogP contribution in [0.1, 0.15) is 37.7 Å². The summed E-state index contributed by atoms with van der Waals surface area (Å²) in [6.45, 7) is 3.45. The summed E-state index contributed by atoms with van der Waals surface area (Å²) in [6.07, 6.45) is -2.91. The van der Waals surface area contributed by atoms with E-state index in [0.29, 0.717) is 44.6 Å². The molecule has 2 saturated heterocycles. The predicted molar refractivity (Wildman–Crippen MR) is 113 cm³/mol. The summed E-state index contributed by atoms with van der Waals surface area (Å²) < 4.78 is 41.0. The third kappa shape index (κ3) is 4.45. The molecule has 0 aromatic heterocycles. The van der Waals surface area contributed by atoms with Crippen LogP contribution in [0.15, 0.2) is 54.6 Å². The summed E-state index contributed by atoms with van der Waals surface area (Å²) in [5.41, 5.74) is 1.00. The summed E-state index contributed by atoms with van der Waals surface area (Å²) in [4.78, 5) is 29.6. The lowest BCUT2D eigenvalue weighted by molar-refractivity contribution is -0.274. The first kappa shape index (κ1) is 22.2. The van der Waals surface area contributed by atoms with E-state index in [1.165, 1.54) is 24.3 Å². The average molecular weight is 446 g/mol. The molecule has 0 radical (unpaired) electrons. The van der Waals surface area contributed by atoms with Crippen LogP contribution in [0.3, 0.4) is 0 Å². The average Bonchev–Trinajstić information content (AvgIpc) is 3.09. The molecule has 1 spiro atoms. The van der Waals surface area contributed by atoms with Crippen molar-refractivity contribution in [3.8, 4) is 5.75 Å². The summed E-state index contributed by atoms with van der Waals surface area (Å²) >= 11 is 0. The van der Waals surface area contributed by atoms with Gasteiger partial charge in [0.15, 0.2) is 0 Å². The van der Waals surface area contributed by atoms with Crippen LogP contribution in [0, 0.1) is 5.41 Å². The topological polar surface area (TPSA) is 49.9 Å². The Morgan fingerprint density at radius 3 is 2.16 bits per heavy atom. The standard InChI is InChI=1S/C24H25F3N2O3/c1-17(18-5-3-2-4-6-18)21(30)28-14-11-23(12-15-28)13-16-29(22(23)31)19-7-9-20(10-8-19)32-24(25,26)27/h2-10,17H,11-16H2,1H3. The second-order valence-corrected chi connectivity index (χ2v) is 8.49. The number of halogens is 3. The largest absolute Gasteiger partial charge is 0.573 e. The van der Waals surface area contributed by atoms with Gasteiger partial charge in [-0.25, -0.2) is 0 Å². The number of amides is 2. The Kier molecular flexibility index (Phi) is 5.88. The number of likely N-dealkylation sites (tertiary alicyclic amines) is 1. The number of anilines is 1. The van der Waals surface area contributed by atoms with Crippen LogP contribution in [0.5, 0.6) is 5.75 Å². The van der Waals surface area contributed by atoms with Crippen molar-refractivity contribution in [1.82, 2.24) is 4.90 Å². The Balaban J connectivity index is 1.38. The van der Waals surface area contributed by atoms with Crippen molar-refractivity contribution in [3.63, 3.8) is 0 Å². The van der Waals surface area contributed by atoms with Gasteiger partial charge in [-0.2, -0.15) is 0 Å². The predicted octanol–water partition coefficient (Wildman–Crippen LogP) is 4.73. The highest BCUT2D eigenvalue weighted by atomic mass is 19.4. The van der Waals surface area contributed by atoms with E-state index in [4.69, 9.17) is 0 Å². The molecule has 2 aliphatic rings. The molecule has 1 atom stereocenters. The Labute approximate surface area is 184 Å². The van der Waals surface area contributed by atoms with Crippen molar-refractivity contribution in [3.05, 3.63) is 60.2 Å². The van der Waals surface area contributed by atoms with Gasteiger partial charge in [0.05, 0.1) is 11.3 Å². The molecule has 2 aliphatic heterocycles. The molecule has 1 unspecified atom stereocenters. The second kappa shape index (κ2) is 8.48. The van der Waals surface area contributed by atoms with Crippen LogP contribution in [-0.2, 0) is 9.59 Å². The first-order valence-electron chi connectivity index (χ1n) is 10.7. The lowest BCUT2D eigenvalue weighted by Crippen LogP contribution is -2.47. The minimum atomic E-state index is -4.75. The molecule has 2 aromatic rings. The molecule has 32 heavy (non-hydrogen) atoms. The summed E-state index contributed by atoms with van der Waals surface area (Å²) in [7, 11) is 0. The zero-order valence-corrected chi connectivity index (χ0v) is 17.8. The van der Waals surface area contributed by atoms with Crippen molar-refractivity contribution >= 4 is 17.5 Å². The third-order valence-electron chi connectivity index (χ3n) is 6.60. The third-order valence-corrected chi connectivity index (χ3v) is 6.60. The van der Waals surface area contributed by atoms with E-state index >= 15 is 0 Å². The molecule has 0 aliphatic carbocycles. The number of hydrogen-bond donors (Lipinski definition) is 0. The van der Waals surface area contributed by atoms with Gasteiger partial charge in [0, 0.05) is 25.3 Å². The van der Waals surface area contributed by atoms with Gasteiger partial charge >= 0.3 is 6.36 Å². The molecular weight excluding hydrogens is 421 g/mol. The molecule has 2 fully saturated rings. The van der Waals surface area contributed by atoms with Gasteiger partial charge in [-0.05, 0) is 56.0 Å². The van der Waals surface area contributed by atoms with Gasteiger partial charge in [0.2, 0.25) is 11.8 Å². The van der Waals surface area contributed by atoms with E-state index in [2.05, 4.69) is 4.74 Å². The molecular formula is C24H25F3N2O3. The van der Waals surface area contributed by atoms with Crippen molar-refractivity contribution in [2.75, 3.05) is 24.5 Å². The normalized spacial score (nSPS) is 19.3. The number of carbonyl (C=O) groups excluding carboxylic acids is 2. The Hall–Kier alpha value is -3.03. The smallest absolute Gasteiger partial charge is 0.406 e. The van der Waals surface area contributed by atoms with Gasteiger partial charge in [0.1, 0.15) is 5.75 Å². The maximum absolute atomic E-state index is 13.2. The van der Waals surface area contributed by atoms with Crippen LogP contribution in [0.4, 0.5) is 18.9 Å². The molecule has 2 amide bonds. The number of piperidine rings is 1. The zero-order chi connectivity index (χ0) is 22.9. The first-order chi connectivity index (χ1) is 15.2. The van der Waals surface area contributed by atoms with Crippen molar-refractivity contribution in [2.24, 2.45) is 5.41 Å². The molecule has 4 rings (SSSR count). The summed E-state index contributed by atoms with van der Waals surface area (Å²) in [5, 5.41) is 0. The van der Waals surface area contributed by atoms with Gasteiger partial charge < -0.3 is 14.5 Å². The monoisotopic (exact) mass is 446 g/mol. The molecule has 2 aromatic carbocycles. The number of rotatable bonds is 4. The van der Waals surface area contributed by atoms with Gasteiger partial charge in [-0.1, -0.05) is 30.3 Å². The number of ether oxygens (including phenoxy) is 1. The van der Waals surface area contributed by atoms with E-state index in [0.717, 1.165) is 5.56 Å². The fourth-order valence-corrected chi connectivity index (χ4v) is 4.67. The van der Waals surface area contributed by atoms with Crippen LogP contribution in [0.2, 0.25) is 0 Å². The number of alkyl halides is 3. The van der Waals surface area contributed by atoms with E-state index in [1.54, 1.807) is 4.90 Å². The molecule has 2 heterocycles.